The minimum absolute atomic E-state index is 0.179. The van der Waals surface area contributed by atoms with E-state index in [4.69, 9.17) is 0 Å². The maximum absolute atomic E-state index is 12.6. The van der Waals surface area contributed by atoms with Gasteiger partial charge in [-0.15, -0.1) is 0 Å². The summed E-state index contributed by atoms with van der Waals surface area (Å²) in [5.41, 5.74) is 2.63. The fourth-order valence-corrected chi connectivity index (χ4v) is 4.35. The third kappa shape index (κ3) is 4.25. The Morgan fingerprint density at radius 2 is 1.76 bits per heavy atom. The van der Waals surface area contributed by atoms with Crippen LogP contribution in [0.4, 0.5) is 5.69 Å². The second-order valence-electron chi connectivity index (χ2n) is 6.08. The third-order valence-electron chi connectivity index (χ3n) is 4.07. The van der Waals surface area contributed by atoms with E-state index in [0.717, 1.165) is 11.1 Å². The van der Waals surface area contributed by atoms with Crippen molar-refractivity contribution in [1.29, 1.82) is 0 Å². The summed E-state index contributed by atoms with van der Waals surface area (Å²) in [6, 6.07) is 16.8. The number of nitrogens with one attached hydrogen (secondary N) is 1. The summed E-state index contributed by atoms with van der Waals surface area (Å²) in [5, 5.41) is 2.75. The number of hydrogen-bond donors (Lipinski definition) is 1. The molecule has 0 bridgehead atoms. The van der Waals surface area contributed by atoms with Crippen molar-refractivity contribution < 1.29 is 13.2 Å². The van der Waals surface area contributed by atoms with E-state index in [2.05, 4.69) is 5.32 Å². The van der Waals surface area contributed by atoms with Gasteiger partial charge in [0, 0.05) is 25.3 Å². The monoisotopic (exact) mass is 359 g/mol. The molecule has 1 N–H and O–H groups in total. The smallest absolute Gasteiger partial charge is 0.282 e. The molecule has 25 heavy (non-hydrogen) atoms. The standard InChI is InChI=1S/C18H21N3O3S/c1-15-6-5-9-17(12-15)19-18(22)14-21-11-10-20(25(21,23)24)13-16-7-3-2-4-8-16/h2-9,12H,10-11,13-14H2,1H3,(H,19,22). The molecule has 1 heterocycles. The molecule has 3 rings (SSSR count). The van der Waals surface area contributed by atoms with Crippen molar-refractivity contribution in [1.82, 2.24) is 8.61 Å². The van der Waals surface area contributed by atoms with Gasteiger partial charge in [-0.1, -0.05) is 42.5 Å². The summed E-state index contributed by atoms with van der Waals surface area (Å²) in [7, 11) is -3.62. The lowest BCUT2D eigenvalue weighted by Gasteiger charge is -2.18. The fraction of sp³-hybridized carbons (Fsp3) is 0.278. The summed E-state index contributed by atoms with van der Waals surface area (Å²) in [6.07, 6.45) is 0. The molecule has 1 fully saturated rings. The molecule has 1 aliphatic rings. The summed E-state index contributed by atoms with van der Waals surface area (Å²) in [6.45, 7) is 2.77. The Balaban J connectivity index is 1.62. The molecule has 0 spiro atoms. The van der Waals surface area contributed by atoms with Gasteiger partial charge in [0.25, 0.3) is 10.2 Å². The zero-order valence-corrected chi connectivity index (χ0v) is 14.9. The molecule has 1 saturated heterocycles. The highest BCUT2D eigenvalue weighted by Crippen LogP contribution is 2.19. The summed E-state index contributed by atoms with van der Waals surface area (Å²) in [4.78, 5) is 12.2. The molecule has 0 aromatic heterocycles. The Bertz CT molecular complexity index is 853. The lowest BCUT2D eigenvalue weighted by molar-refractivity contribution is -0.116. The van der Waals surface area contributed by atoms with E-state index >= 15 is 0 Å². The molecular formula is C18H21N3O3S. The number of hydrogen-bond acceptors (Lipinski definition) is 3. The van der Waals surface area contributed by atoms with Crippen molar-refractivity contribution in [2.24, 2.45) is 0 Å². The van der Waals surface area contributed by atoms with Crippen LogP contribution in [0.5, 0.6) is 0 Å². The second kappa shape index (κ2) is 7.35. The van der Waals surface area contributed by atoms with Crippen LogP contribution in [-0.2, 0) is 21.5 Å². The average molecular weight is 359 g/mol. The van der Waals surface area contributed by atoms with E-state index in [9.17, 15) is 13.2 Å². The highest BCUT2D eigenvalue weighted by Gasteiger charge is 2.37. The Kier molecular flexibility index (Phi) is 5.17. The van der Waals surface area contributed by atoms with Crippen LogP contribution >= 0.6 is 0 Å². The average Bonchev–Trinajstić information content (AvgIpc) is 2.83. The fourth-order valence-electron chi connectivity index (χ4n) is 2.81. The zero-order chi connectivity index (χ0) is 17.9. The molecule has 1 aliphatic heterocycles. The minimum atomic E-state index is -3.62. The van der Waals surface area contributed by atoms with Gasteiger partial charge in [-0.2, -0.15) is 17.0 Å². The summed E-state index contributed by atoms with van der Waals surface area (Å²) in [5.74, 6) is -0.337. The van der Waals surface area contributed by atoms with Gasteiger partial charge in [0.05, 0.1) is 6.54 Å². The molecule has 2 aromatic rings. The number of anilines is 1. The van der Waals surface area contributed by atoms with E-state index in [-0.39, 0.29) is 12.5 Å². The van der Waals surface area contributed by atoms with E-state index in [0.29, 0.717) is 25.3 Å². The zero-order valence-electron chi connectivity index (χ0n) is 14.1. The highest BCUT2D eigenvalue weighted by molar-refractivity contribution is 7.87. The van der Waals surface area contributed by atoms with Gasteiger partial charge in [-0.3, -0.25) is 4.79 Å². The maximum Gasteiger partial charge on any atom is 0.282 e. The normalized spacial score (nSPS) is 17.5. The Labute approximate surface area is 148 Å². The Morgan fingerprint density at radius 3 is 2.48 bits per heavy atom. The molecule has 2 aromatic carbocycles. The Hall–Kier alpha value is -2.22. The van der Waals surface area contributed by atoms with Crippen molar-refractivity contribution in [2.45, 2.75) is 13.5 Å². The number of benzene rings is 2. The number of nitrogens with zero attached hydrogens (tertiary/aromatic N) is 2. The van der Waals surface area contributed by atoms with Crippen LogP contribution in [0.1, 0.15) is 11.1 Å². The first-order chi connectivity index (χ1) is 11.9. The summed E-state index contributed by atoms with van der Waals surface area (Å²) >= 11 is 0. The minimum Gasteiger partial charge on any atom is -0.325 e. The van der Waals surface area contributed by atoms with Gasteiger partial charge < -0.3 is 5.32 Å². The quantitative estimate of drug-likeness (QED) is 0.888. The lowest BCUT2D eigenvalue weighted by Crippen LogP contribution is -2.37. The van der Waals surface area contributed by atoms with Crippen LogP contribution in [0, 0.1) is 6.92 Å². The molecule has 1 amide bonds. The lowest BCUT2D eigenvalue weighted by atomic mass is 10.2. The predicted molar refractivity (Wildman–Crippen MR) is 97.2 cm³/mol. The van der Waals surface area contributed by atoms with Crippen LogP contribution in [-0.4, -0.2) is 42.6 Å². The van der Waals surface area contributed by atoms with E-state index in [1.807, 2.05) is 55.5 Å². The van der Waals surface area contributed by atoms with E-state index in [1.54, 1.807) is 6.07 Å². The van der Waals surface area contributed by atoms with Gasteiger partial charge >= 0.3 is 0 Å². The van der Waals surface area contributed by atoms with Crippen molar-refractivity contribution in [2.75, 3.05) is 25.0 Å². The van der Waals surface area contributed by atoms with Gasteiger partial charge in [-0.25, -0.2) is 0 Å². The maximum atomic E-state index is 12.6. The number of carbonyl (C=O) groups is 1. The molecule has 0 saturated carbocycles. The molecule has 6 nitrogen and oxygen atoms in total. The first-order valence-electron chi connectivity index (χ1n) is 8.11. The van der Waals surface area contributed by atoms with Gasteiger partial charge in [0.1, 0.15) is 0 Å². The van der Waals surface area contributed by atoms with Crippen LogP contribution in [0.25, 0.3) is 0 Å². The number of amides is 1. The van der Waals surface area contributed by atoms with Crippen LogP contribution < -0.4 is 5.32 Å². The van der Waals surface area contributed by atoms with Gasteiger partial charge in [0.15, 0.2) is 0 Å². The van der Waals surface area contributed by atoms with Crippen molar-refractivity contribution >= 4 is 21.8 Å². The molecule has 0 unspecified atom stereocenters. The third-order valence-corrected chi connectivity index (χ3v) is 6.00. The van der Waals surface area contributed by atoms with Crippen LogP contribution in [0.3, 0.4) is 0 Å². The van der Waals surface area contributed by atoms with Crippen molar-refractivity contribution in [3.63, 3.8) is 0 Å². The Morgan fingerprint density at radius 1 is 1.04 bits per heavy atom. The molecule has 0 aliphatic carbocycles. The first-order valence-corrected chi connectivity index (χ1v) is 9.50. The summed E-state index contributed by atoms with van der Waals surface area (Å²) < 4.78 is 27.9. The first kappa shape index (κ1) is 17.6. The predicted octanol–water partition coefficient (Wildman–Crippen LogP) is 2.00. The second-order valence-corrected chi connectivity index (χ2v) is 8.01. The molecule has 0 atom stereocenters. The molecular weight excluding hydrogens is 338 g/mol. The molecule has 7 heteroatoms. The van der Waals surface area contributed by atoms with Crippen LogP contribution in [0.2, 0.25) is 0 Å². The van der Waals surface area contributed by atoms with Crippen molar-refractivity contribution in [3.05, 3.63) is 65.7 Å². The van der Waals surface area contributed by atoms with Gasteiger partial charge in [0.2, 0.25) is 5.91 Å². The van der Waals surface area contributed by atoms with E-state index < -0.39 is 10.2 Å². The van der Waals surface area contributed by atoms with Crippen molar-refractivity contribution in [3.8, 4) is 0 Å². The highest BCUT2D eigenvalue weighted by atomic mass is 32.2. The molecule has 0 radical (unpaired) electrons. The van der Waals surface area contributed by atoms with Crippen LogP contribution in [0.15, 0.2) is 54.6 Å². The van der Waals surface area contributed by atoms with E-state index in [1.165, 1.54) is 8.61 Å². The number of rotatable bonds is 5. The molecule has 132 valence electrons. The number of aryl methyl sites for hydroxylation is 1. The largest absolute Gasteiger partial charge is 0.325 e. The number of carbonyl (C=O) groups excluding carboxylic acids is 1. The topological polar surface area (TPSA) is 69.7 Å². The van der Waals surface area contributed by atoms with Gasteiger partial charge in [-0.05, 0) is 30.2 Å². The SMILES string of the molecule is Cc1cccc(NC(=O)CN2CCN(Cc3ccccc3)S2(=O)=O)c1.